The molecular weight excluding hydrogens is 1490 g/mol. The molecule has 0 aromatic heterocycles. The molecule has 10 amide bonds. The smallest absolute Gasteiger partial charge is 0.458 e. The van der Waals surface area contributed by atoms with Gasteiger partial charge in [0.05, 0.1) is 31.5 Å². The molecule has 32 heteroatoms. The SMILES string of the molecule is C/C=C/C[C@@H](C)[C@@H](OC(=O)OCOC(=O)CCC(=O)OCC(=O)[C@@]1(O)CCC2C3CCC4=CC(=O)C=C[C@]4(C)C3[C@@H](O)C[C@@]21C)C(C(=O)NC(CC)C(=O)N(C)CC(=O)N(C)[C@@H](CC(C)C)C(=O)NC(C(=O)NC)C(C)C)N(C)C(=O)C(C(C)C)N(C)C(=O)C(CC(C)C)N(C)C(=O)C(CC(C)C)N(C)C(=O)C(C)NC(=O)C(C)N. The summed E-state index contributed by atoms with van der Waals surface area (Å²) in [6.07, 6.45) is 5.16. The quantitative estimate of drug-likeness (QED) is 0.0191. The second kappa shape index (κ2) is 43.0. The molecule has 0 aliphatic heterocycles. The number of aliphatic hydroxyl groups is 2. The van der Waals surface area contributed by atoms with Crippen molar-refractivity contribution in [3.8, 4) is 0 Å². The van der Waals surface area contributed by atoms with Gasteiger partial charge >= 0.3 is 18.1 Å². The van der Waals surface area contributed by atoms with Crippen LogP contribution >= 0.6 is 0 Å². The van der Waals surface area contributed by atoms with E-state index in [-0.39, 0.29) is 92.2 Å². The van der Waals surface area contributed by atoms with Crippen LogP contribution in [0.3, 0.4) is 0 Å². The van der Waals surface area contributed by atoms with Gasteiger partial charge in [-0.2, -0.15) is 0 Å². The van der Waals surface area contributed by atoms with Crippen LogP contribution in [0.1, 0.15) is 195 Å². The van der Waals surface area contributed by atoms with Gasteiger partial charge in [0.2, 0.25) is 71.6 Å². The van der Waals surface area contributed by atoms with Crippen LogP contribution in [-0.2, 0) is 86.1 Å². The molecule has 8 N–H and O–H groups in total. The van der Waals surface area contributed by atoms with E-state index in [0.717, 1.165) is 20.3 Å². The van der Waals surface area contributed by atoms with Gasteiger partial charge < -0.3 is 85.6 Å². The number of hydrogen-bond donors (Lipinski definition) is 7. The second-order valence-electron chi connectivity index (χ2n) is 34.5. The number of rotatable bonds is 41. The van der Waals surface area contributed by atoms with E-state index in [1.54, 1.807) is 73.6 Å². The zero-order chi connectivity index (χ0) is 87.5. The van der Waals surface area contributed by atoms with E-state index in [0.29, 0.717) is 19.3 Å². The Hall–Kier alpha value is -8.65. The average molecular weight is 1620 g/mol. The van der Waals surface area contributed by atoms with Crippen LogP contribution in [0.25, 0.3) is 0 Å². The Morgan fingerprint density at radius 1 is 0.643 bits per heavy atom. The van der Waals surface area contributed by atoms with Crippen molar-refractivity contribution in [2.75, 3.05) is 69.3 Å². The number of esters is 2. The van der Waals surface area contributed by atoms with Crippen molar-refractivity contribution in [2.45, 2.75) is 267 Å². The number of carbonyl (C=O) groups is 15. The Labute approximate surface area is 679 Å². The molecule has 18 atom stereocenters. The summed E-state index contributed by atoms with van der Waals surface area (Å²) in [6, 6.07) is -11.3. The van der Waals surface area contributed by atoms with Crippen LogP contribution in [0.15, 0.2) is 36.0 Å². The zero-order valence-corrected chi connectivity index (χ0v) is 72.5. The maximum absolute atomic E-state index is 15.8. The predicted octanol–water partition coefficient (Wildman–Crippen LogP) is 4.53. The summed E-state index contributed by atoms with van der Waals surface area (Å²) in [5.74, 6) is -13.0. The first-order chi connectivity index (χ1) is 53.4. The molecule has 11 unspecified atom stereocenters. The highest BCUT2D eigenvalue weighted by atomic mass is 16.8. The first-order valence-corrected chi connectivity index (χ1v) is 40.5. The molecule has 0 radical (unpaired) electrons. The molecule has 0 bridgehead atoms. The van der Waals surface area contributed by atoms with Crippen molar-refractivity contribution in [3.05, 3.63) is 36.0 Å². The highest BCUT2D eigenvalue weighted by Gasteiger charge is 2.68. The number of aliphatic hydroxyl groups excluding tert-OH is 1. The molecular formula is C83H135N11O21. The van der Waals surface area contributed by atoms with Crippen molar-refractivity contribution >= 4 is 88.7 Å². The van der Waals surface area contributed by atoms with Gasteiger partial charge in [0.25, 0.3) is 0 Å². The lowest BCUT2D eigenvalue weighted by Crippen LogP contribution is -2.64. The molecule has 0 aromatic rings. The number of likely N-dealkylation sites (N-methyl/N-ethyl adjacent to an activating group) is 7. The largest absolute Gasteiger partial charge is 0.511 e. The summed E-state index contributed by atoms with van der Waals surface area (Å²) >= 11 is 0. The molecule has 32 nitrogen and oxygen atoms in total. The van der Waals surface area contributed by atoms with E-state index in [1.807, 2.05) is 54.5 Å². The Morgan fingerprint density at radius 2 is 1.19 bits per heavy atom. The lowest BCUT2D eigenvalue weighted by atomic mass is 9.46. The number of fused-ring (bicyclic) bond motifs is 5. The van der Waals surface area contributed by atoms with Crippen LogP contribution in [-0.4, -0.2) is 270 Å². The summed E-state index contributed by atoms with van der Waals surface area (Å²) in [6.45, 7) is 26.8. The van der Waals surface area contributed by atoms with Gasteiger partial charge in [0.1, 0.15) is 60.0 Å². The normalized spacial score (nSPS) is 23.2. The lowest BCUT2D eigenvalue weighted by Gasteiger charge is -2.59. The first kappa shape index (κ1) is 98.7. The third-order valence-electron chi connectivity index (χ3n) is 23.8. The summed E-state index contributed by atoms with van der Waals surface area (Å²) in [5, 5.41) is 34.6. The number of ketones is 2. The van der Waals surface area contributed by atoms with Gasteiger partial charge in [-0.15, -0.1) is 0 Å². The number of carbonyl (C=O) groups excluding carboxylic acids is 15. The highest BCUT2D eigenvalue weighted by molar-refractivity contribution is 6.02. The maximum Gasteiger partial charge on any atom is 0.511 e. The highest BCUT2D eigenvalue weighted by Crippen LogP contribution is 2.67. The van der Waals surface area contributed by atoms with E-state index >= 15 is 14.4 Å². The van der Waals surface area contributed by atoms with E-state index in [4.69, 9.17) is 24.7 Å². The molecule has 0 aromatic carbocycles. The van der Waals surface area contributed by atoms with Gasteiger partial charge in [-0.1, -0.05) is 121 Å². The number of Topliss-reactive ketones (excluding diaryl/α,β-unsaturated/α-hetero) is 1. The first-order valence-electron chi connectivity index (χ1n) is 40.5. The average Bonchev–Trinajstić information content (AvgIpc) is 1.60. The van der Waals surface area contributed by atoms with Gasteiger partial charge in [0.15, 0.2) is 12.4 Å². The minimum Gasteiger partial charge on any atom is -0.458 e. The van der Waals surface area contributed by atoms with Crippen molar-refractivity contribution in [2.24, 2.45) is 69.8 Å². The summed E-state index contributed by atoms with van der Waals surface area (Å²) in [7, 11) is 9.57. The number of nitrogens with zero attached hydrogens (tertiary/aromatic N) is 6. The summed E-state index contributed by atoms with van der Waals surface area (Å²) in [5.41, 5.74) is 3.10. The predicted molar refractivity (Wildman–Crippen MR) is 427 cm³/mol. The Balaban J connectivity index is 1.67. The van der Waals surface area contributed by atoms with Crippen molar-refractivity contribution < 1.29 is 101 Å². The van der Waals surface area contributed by atoms with E-state index < -0.39 is 211 Å². The monoisotopic (exact) mass is 1620 g/mol. The van der Waals surface area contributed by atoms with Crippen LogP contribution < -0.4 is 27.0 Å². The lowest BCUT2D eigenvalue weighted by molar-refractivity contribution is -0.181. The molecule has 3 saturated carbocycles. The molecule has 648 valence electrons. The zero-order valence-electron chi connectivity index (χ0n) is 72.5. The standard InChI is InChI=1S/C83H135N11O21/c1-25-27-28-50(13)70(115-80(110)114-44-113-65(100)32-31-64(99)112-43-62(97)83(111)36-34-56-55-30-29-53-40-54(95)33-35-81(53,16)66(55)61(96)41-82(56,83)17)69(74(104)87-57(26-2)76(106)89(19)42-63(98)90(20)58(37-45(3)4)72(102)88-67(48(9)10)73(103)85-18)94(24)79(109)68(49(11)12)93(23)78(108)60(39-47(7)8)92(22)77(107)59(38-46(5)6)91(21)75(105)52(15)86-71(101)51(14)84/h25,27,33,35,40,45-52,55-61,66-70,96,111H,26,28-32,34,36-39,41-44,84H2,1-24H3,(H,85,103)(H,86,101)(H,87,104)(H,88,102)/b27-25+/t50-,51?,52?,55?,56?,57?,58+,59?,60?,61+,66?,67?,68?,69?,70-,81+,82+,83+/m1/s1. The molecule has 4 aliphatic rings. The van der Waals surface area contributed by atoms with Crippen molar-refractivity contribution in [1.29, 1.82) is 0 Å². The molecule has 4 aliphatic carbocycles. The number of ether oxygens (including phenoxy) is 4. The fourth-order valence-corrected chi connectivity index (χ4v) is 17.1. The molecule has 4 rings (SSSR count). The number of hydrogen-bond acceptors (Lipinski definition) is 22. The van der Waals surface area contributed by atoms with E-state index in [2.05, 4.69) is 21.3 Å². The molecule has 115 heavy (non-hydrogen) atoms. The Bertz CT molecular complexity index is 3600. The van der Waals surface area contributed by atoms with Gasteiger partial charge in [-0.05, 0) is 144 Å². The van der Waals surface area contributed by atoms with Crippen LogP contribution in [0.5, 0.6) is 0 Å². The van der Waals surface area contributed by atoms with E-state index in [9.17, 15) is 67.7 Å². The fraction of sp³-hybridized carbons (Fsp3) is 0.747. The molecule has 0 spiro atoms. The minimum atomic E-state index is -1.96. The third-order valence-corrected chi connectivity index (χ3v) is 23.8. The number of amides is 10. The maximum atomic E-state index is 15.8. The van der Waals surface area contributed by atoms with Gasteiger partial charge in [-0.3, -0.25) is 67.1 Å². The van der Waals surface area contributed by atoms with Crippen molar-refractivity contribution in [3.63, 3.8) is 0 Å². The fourth-order valence-electron chi connectivity index (χ4n) is 17.1. The van der Waals surface area contributed by atoms with E-state index in [1.165, 1.54) is 84.0 Å². The molecule has 0 saturated heterocycles. The summed E-state index contributed by atoms with van der Waals surface area (Å²) < 4.78 is 21.8. The van der Waals surface area contributed by atoms with Crippen LogP contribution in [0, 0.1) is 64.1 Å². The topological polar surface area (TPSA) is 427 Å². The van der Waals surface area contributed by atoms with Gasteiger partial charge in [0, 0.05) is 66.1 Å². The number of allylic oxidation sites excluding steroid dienone is 6. The minimum absolute atomic E-state index is 0.0583. The van der Waals surface area contributed by atoms with Crippen molar-refractivity contribution in [1.82, 2.24) is 50.7 Å². The number of nitrogens with two attached hydrogens (primary N) is 1. The number of nitrogens with one attached hydrogen (secondary N) is 4. The Morgan fingerprint density at radius 3 is 1.72 bits per heavy atom. The third kappa shape index (κ3) is 24.5. The van der Waals surface area contributed by atoms with Crippen LogP contribution in [0.2, 0.25) is 0 Å². The molecule has 3 fully saturated rings. The van der Waals surface area contributed by atoms with Gasteiger partial charge in [-0.25, -0.2) is 4.79 Å². The second-order valence-corrected chi connectivity index (χ2v) is 34.5. The molecule has 0 heterocycles. The Kier molecular flexibility index (Phi) is 36.9. The van der Waals surface area contributed by atoms with Crippen LogP contribution in [0.4, 0.5) is 4.79 Å². The summed E-state index contributed by atoms with van der Waals surface area (Å²) in [4.78, 5) is 218.